The maximum Gasteiger partial charge on any atom is 0.219 e. The summed E-state index contributed by atoms with van der Waals surface area (Å²) in [5.74, 6) is 0. The van der Waals surface area contributed by atoms with Gasteiger partial charge in [-0.05, 0) is 11.6 Å². The fourth-order valence-corrected chi connectivity index (χ4v) is 1.44. The van der Waals surface area contributed by atoms with Gasteiger partial charge in [0.05, 0.1) is 10.9 Å². The molecule has 12 heavy (non-hydrogen) atoms. The van der Waals surface area contributed by atoms with Gasteiger partial charge in [0, 0.05) is 0 Å². The Morgan fingerprint density at radius 3 is 2.75 bits per heavy atom. The van der Waals surface area contributed by atoms with E-state index < -0.39 is 16.3 Å². The van der Waals surface area contributed by atoms with Crippen LogP contribution in [0.3, 0.4) is 0 Å². The van der Waals surface area contributed by atoms with E-state index in [0.717, 1.165) is 5.57 Å². The van der Waals surface area contributed by atoms with Crippen molar-refractivity contribution in [1.82, 2.24) is 0 Å². The standard InChI is InChI=1S/C8H9NO2S/c1-2-6-3-4-7(9)8(5-6)12(10)11/h2-5,7H,1,9H2. The van der Waals surface area contributed by atoms with Crippen LogP contribution in [-0.4, -0.2) is 19.3 Å². The Morgan fingerprint density at radius 2 is 2.25 bits per heavy atom. The summed E-state index contributed by atoms with van der Waals surface area (Å²) in [6.45, 7) is 3.53. The summed E-state index contributed by atoms with van der Waals surface area (Å²) in [6, 6.07) is -0.521. The summed E-state index contributed by atoms with van der Waals surface area (Å²) in [7, 11) is -2.24. The fourth-order valence-electron chi connectivity index (χ4n) is 0.904. The van der Waals surface area contributed by atoms with Crippen molar-refractivity contribution in [2.75, 3.05) is 0 Å². The van der Waals surface area contributed by atoms with Crippen LogP contribution in [0, 0.1) is 0 Å². The van der Waals surface area contributed by atoms with E-state index in [9.17, 15) is 8.42 Å². The van der Waals surface area contributed by atoms with Gasteiger partial charge >= 0.3 is 0 Å². The van der Waals surface area contributed by atoms with Gasteiger partial charge in [-0.15, -0.1) is 0 Å². The Morgan fingerprint density at radius 1 is 1.58 bits per heavy atom. The van der Waals surface area contributed by atoms with Crippen molar-refractivity contribution in [1.29, 1.82) is 0 Å². The van der Waals surface area contributed by atoms with Crippen LogP contribution < -0.4 is 5.73 Å². The topological polar surface area (TPSA) is 60.2 Å². The molecule has 0 aromatic heterocycles. The number of hydrogen-bond acceptors (Lipinski definition) is 3. The van der Waals surface area contributed by atoms with E-state index in [4.69, 9.17) is 5.73 Å². The third kappa shape index (κ3) is 1.72. The lowest BCUT2D eigenvalue weighted by Crippen LogP contribution is -2.29. The summed E-state index contributed by atoms with van der Waals surface area (Å²) in [6.07, 6.45) is 6.46. The fraction of sp³-hybridized carbons (Fsp3) is 0.125. The number of rotatable bonds is 1. The lowest BCUT2D eigenvalue weighted by molar-refractivity contribution is 0.626. The number of allylic oxidation sites excluding steroid dienone is 3. The van der Waals surface area contributed by atoms with Gasteiger partial charge in [-0.2, -0.15) is 8.42 Å². The highest BCUT2D eigenvalue weighted by atomic mass is 32.2. The molecule has 2 N–H and O–H groups in total. The zero-order valence-electron chi connectivity index (χ0n) is 6.40. The zero-order chi connectivity index (χ0) is 9.14. The van der Waals surface area contributed by atoms with Crippen LogP contribution in [0.15, 0.2) is 36.5 Å². The highest BCUT2D eigenvalue weighted by Crippen LogP contribution is 2.07. The first-order chi connectivity index (χ1) is 5.65. The molecule has 0 amide bonds. The van der Waals surface area contributed by atoms with E-state index in [1.165, 1.54) is 6.08 Å². The Bertz CT molecular complexity index is 379. The third-order valence-electron chi connectivity index (χ3n) is 1.56. The molecule has 4 heteroatoms. The predicted octanol–water partition coefficient (Wildman–Crippen LogP) is 0.0474. The van der Waals surface area contributed by atoms with Gasteiger partial charge in [0.1, 0.15) is 0 Å². The van der Waals surface area contributed by atoms with E-state index in [2.05, 4.69) is 6.58 Å². The van der Waals surface area contributed by atoms with Gasteiger partial charge < -0.3 is 5.73 Å². The molecular formula is C8H9NO2S. The van der Waals surface area contributed by atoms with E-state index >= 15 is 0 Å². The van der Waals surface area contributed by atoms with Gasteiger partial charge in [0.25, 0.3) is 0 Å². The Hall–Kier alpha value is -1.13. The maximum absolute atomic E-state index is 10.6. The molecule has 0 spiro atoms. The van der Waals surface area contributed by atoms with Crippen LogP contribution in [0.25, 0.3) is 0 Å². The molecule has 3 nitrogen and oxygen atoms in total. The quantitative estimate of drug-likeness (QED) is 0.584. The molecule has 0 heterocycles. The Kier molecular flexibility index (Phi) is 2.62. The van der Waals surface area contributed by atoms with Crippen LogP contribution in [0.5, 0.6) is 0 Å². The minimum atomic E-state index is -2.24. The molecule has 0 aromatic rings. The van der Waals surface area contributed by atoms with Crippen LogP contribution in [-0.2, 0) is 10.3 Å². The van der Waals surface area contributed by atoms with Crippen molar-refractivity contribution < 1.29 is 8.42 Å². The first-order valence-electron chi connectivity index (χ1n) is 3.39. The molecule has 0 aromatic carbocycles. The van der Waals surface area contributed by atoms with E-state index in [1.54, 1.807) is 18.2 Å². The normalized spacial score (nSPS) is 21.9. The molecule has 1 atom stereocenters. The molecule has 0 fully saturated rings. The maximum atomic E-state index is 10.6. The largest absolute Gasteiger partial charge is 0.320 e. The third-order valence-corrected chi connectivity index (χ3v) is 2.34. The lowest BCUT2D eigenvalue weighted by atomic mass is 10.0. The smallest absolute Gasteiger partial charge is 0.219 e. The summed E-state index contributed by atoms with van der Waals surface area (Å²) < 4.78 is 21.2. The molecular weight excluding hydrogens is 174 g/mol. The molecule has 0 aliphatic heterocycles. The van der Waals surface area contributed by atoms with Crippen LogP contribution in [0.2, 0.25) is 0 Å². The predicted molar refractivity (Wildman–Crippen MR) is 49.3 cm³/mol. The van der Waals surface area contributed by atoms with Crippen molar-refractivity contribution in [2.24, 2.45) is 5.73 Å². The Labute approximate surface area is 72.4 Å². The average Bonchev–Trinajstić information content (AvgIpc) is 2.05. The highest BCUT2D eigenvalue weighted by molar-refractivity contribution is 7.73. The summed E-state index contributed by atoms with van der Waals surface area (Å²) >= 11 is 0. The molecule has 0 saturated heterocycles. The van der Waals surface area contributed by atoms with Crippen LogP contribution in [0.4, 0.5) is 0 Å². The van der Waals surface area contributed by atoms with Gasteiger partial charge in [-0.1, -0.05) is 24.8 Å². The van der Waals surface area contributed by atoms with Crippen molar-refractivity contribution in [3.05, 3.63) is 36.5 Å². The van der Waals surface area contributed by atoms with Gasteiger partial charge in [0.2, 0.25) is 10.3 Å². The molecule has 0 bridgehead atoms. The minimum Gasteiger partial charge on any atom is -0.320 e. The summed E-state index contributed by atoms with van der Waals surface area (Å²) in [5.41, 5.74) is 6.26. The van der Waals surface area contributed by atoms with E-state index in [-0.39, 0.29) is 4.86 Å². The summed E-state index contributed by atoms with van der Waals surface area (Å²) in [5, 5.41) is 0. The molecule has 1 rings (SSSR count). The second kappa shape index (κ2) is 3.51. The van der Waals surface area contributed by atoms with E-state index in [0.29, 0.717) is 0 Å². The van der Waals surface area contributed by atoms with E-state index in [1.807, 2.05) is 0 Å². The van der Waals surface area contributed by atoms with Gasteiger partial charge in [-0.25, -0.2) is 0 Å². The molecule has 0 radical (unpaired) electrons. The minimum absolute atomic E-state index is 0.201. The number of hydrogen-bond donors (Lipinski definition) is 1. The number of nitrogens with two attached hydrogens (primary N) is 1. The van der Waals surface area contributed by atoms with Crippen molar-refractivity contribution in [2.45, 2.75) is 6.04 Å². The van der Waals surface area contributed by atoms with Gasteiger partial charge in [-0.3, -0.25) is 0 Å². The van der Waals surface area contributed by atoms with Crippen molar-refractivity contribution in [3.63, 3.8) is 0 Å². The molecule has 64 valence electrons. The second-order valence-electron chi connectivity index (χ2n) is 2.37. The Balaban J connectivity index is 3.23. The second-order valence-corrected chi connectivity index (χ2v) is 3.31. The van der Waals surface area contributed by atoms with Gasteiger partial charge in [0.15, 0.2) is 0 Å². The van der Waals surface area contributed by atoms with Crippen molar-refractivity contribution in [3.8, 4) is 0 Å². The summed E-state index contributed by atoms with van der Waals surface area (Å²) in [4.78, 5) is 0.201. The molecule has 1 unspecified atom stereocenters. The zero-order valence-corrected chi connectivity index (χ0v) is 7.21. The highest BCUT2D eigenvalue weighted by Gasteiger charge is 2.10. The molecule has 1 aliphatic carbocycles. The lowest BCUT2D eigenvalue weighted by Gasteiger charge is -2.09. The first kappa shape index (κ1) is 8.96. The molecule has 0 saturated carbocycles. The SMILES string of the molecule is C=CC1=CC(=S(=O)=O)C(N)C=C1. The van der Waals surface area contributed by atoms with Crippen LogP contribution >= 0.6 is 0 Å². The first-order valence-corrected chi connectivity index (χ1v) is 4.46. The molecule has 1 aliphatic rings. The monoisotopic (exact) mass is 183 g/mol. The van der Waals surface area contributed by atoms with Crippen LogP contribution in [0.1, 0.15) is 0 Å². The average molecular weight is 183 g/mol. The van der Waals surface area contributed by atoms with Crippen molar-refractivity contribution >= 4 is 15.2 Å².